The number of amides is 2. The first-order valence-electron chi connectivity index (χ1n) is 8.61. The molecule has 0 saturated carbocycles. The van der Waals surface area contributed by atoms with Crippen LogP contribution in [0.2, 0.25) is 0 Å². The Morgan fingerprint density at radius 3 is 2.44 bits per heavy atom. The fourth-order valence-corrected chi connectivity index (χ4v) is 3.15. The molecule has 0 unspecified atom stereocenters. The van der Waals surface area contributed by atoms with Gasteiger partial charge in [0.1, 0.15) is 5.75 Å². The van der Waals surface area contributed by atoms with Crippen LogP contribution < -0.4 is 15.4 Å². The molecule has 2 N–H and O–H groups in total. The van der Waals surface area contributed by atoms with E-state index in [0.29, 0.717) is 29.3 Å². The number of thiophene rings is 1. The molecule has 0 aliphatic heterocycles. The second-order valence-electron chi connectivity index (χ2n) is 5.74. The van der Waals surface area contributed by atoms with E-state index in [-0.39, 0.29) is 11.8 Å². The van der Waals surface area contributed by atoms with E-state index in [9.17, 15) is 9.59 Å². The summed E-state index contributed by atoms with van der Waals surface area (Å²) in [6.45, 7) is 2.94. The highest BCUT2D eigenvalue weighted by atomic mass is 32.1. The van der Waals surface area contributed by atoms with E-state index >= 15 is 0 Å². The molecule has 3 aromatic rings. The number of carbonyl (C=O) groups excluding carboxylic acids is 2. The van der Waals surface area contributed by atoms with Crippen LogP contribution in [0.1, 0.15) is 32.5 Å². The molecular weight excluding hydrogens is 360 g/mol. The number of ether oxygens (including phenoxy) is 1. The summed E-state index contributed by atoms with van der Waals surface area (Å²) in [7, 11) is 0. The standard InChI is InChI=1S/C21H20N2O3S/c1-2-26-16-11-9-15(10-12-16)14-22-20(24)17-6-3-4-7-18(17)23-21(25)19-8-5-13-27-19/h3-13H,2,14H2,1H3,(H,22,24)(H,23,25). The van der Waals surface area contributed by atoms with Gasteiger partial charge in [-0.15, -0.1) is 11.3 Å². The molecule has 0 saturated heterocycles. The summed E-state index contributed by atoms with van der Waals surface area (Å²) >= 11 is 1.35. The fourth-order valence-electron chi connectivity index (χ4n) is 2.53. The first-order chi connectivity index (χ1) is 13.2. The molecule has 0 fully saturated rings. The number of hydrogen-bond acceptors (Lipinski definition) is 4. The molecule has 0 radical (unpaired) electrons. The molecule has 5 nitrogen and oxygen atoms in total. The van der Waals surface area contributed by atoms with Crippen LogP contribution in [-0.4, -0.2) is 18.4 Å². The second kappa shape index (κ2) is 9.00. The van der Waals surface area contributed by atoms with Crippen molar-refractivity contribution in [2.24, 2.45) is 0 Å². The molecule has 27 heavy (non-hydrogen) atoms. The predicted octanol–water partition coefficient (Wildman–Crippen LogP) is 4.33. The maximum atomic E-state index is 12.6. The van der Waals surface area contributed by atoms with Gasteiger partial charge in [0.05, 0.1) is 22.7 Å². The Morgan fingerprint density at radius 2 is 1.74 bits per heavy atom. The van der Waals surface area contributed by atoms with E-state index in [4.69, 9.17) is 4.74 Å². The fraction of sp³-hybridized carbons (Fsp3) is 0.143. The van der Waals surface area contributed by atoms with Crippen LogP contribution in [-0.2, 0) is 6.54 Å². The number of para-hydroxylation sites is 1. The molecule has 1 aromatic heterocycles. The third-order valence-electron chi connectivity index (χ3n) is 3.85. The Balaban J connectivity index is 1.65. The Bertz CT molecular complexity index is 905. The number of nitrogens with one attached hydrogen (secondary N) is 2. The summed E-state index contributed by atoms with van der Waals surface area (Å²) in [6, 6.07) is 18.1. The van der Waals surface area contributed by atoms with Gasteiger partial charge in [-0.25, -0.2) is 0 Å². The van der Waals surface area contributed by atoms with Gasteiger partial charge in [-0.2, -0.15) is 0 Å². The predicted molar refractivity (Wildman–Crippen MR) is 107 cm³/mol. The van der Waals surface area contributed by atoms with Crippen molar-refractivity contribution in [1.82, 2.24) is 5.32 Å². The lowest BCUT2D eigenvalue weighted by atomic mass is 10.1. The highest BCUT2D eigenvalue weighted by molar-refractivity contribution is 7.12. The van der Waals surface area contributed by atoms with Crippen LogP contribution in [0.4, 0.5) is 5.69 Å². The lowest BCUT2D eigenvalue weighted by Gasteiger charge is -2.11. The van der Waals surface area contributed by atoms with E-state index in [2.05, 4.69) is 10.6 Å². The molecule has 0 spiro atoms. The SMILES string of the molecule is CCOc1ccc(CNC(=O)c2ccccc2NC(=O)c2cccs2)cc1. The van der Waals surface area contributed by atoms with Crippen LogP contribution in [0.15, 0.2) is 66.0 Å². The Morgan fingerprint density at radius 1 is 0.963 bits per heavy atom. The average molecular weight is 380 g/mol. The molecule has 2 amide bonds. The molecule has 0 atom stereocenters. The minimum atomic E-state index is -0.244. The third kappa shape index (κ3) is 4.95. The summed E-state index contributed by atoms with van der Waals surface area (Å²) in [4.78, 5) is 25.5. The van der Waals surface area contributed by atoms with Gasteiger partial charge in [-0.1, -0.05) is 30.3 Å². The number of anilines is 1. The van der Waals surface area contributed by atoms with Crippen molar-refractivity contribution in [3.8, 4) is 5.75 Å². The number of carbonyl (C=O) groups is 2. The van der Waals surface area contributed by atoms with Crippen molar-refractivity contribution in [1.29, 1.82) is 0 Å². The Labute approximate surface area is 162 Å². The zero-order valence-corrected chi connectivity index (χ0v) is 15.7. The highest BCUT2D eigenvalue weighted by Gasteiger charge is 2.14. The summed E-state index contributed by atoms with van der Waals surface area (Å²) in [5.74, 6) is 0.330. The highest BCUT2D eigenvalue weighted by Crippen LogP contribution is 2.18. The van der Waals surface area contributed by atoms with Crippen molar-refractivity contribution in [2.75, 3.05) is 11.9 Å². The van der Waals surface area contributed by atoms with Crippen molar-refractivity contribution >= 4 is 28.8 Å². The Hall–Kier alpha value is -3.12. The summed E-state index contributed by atoms with van der Waals surface area (Å²) in [5.41, 5.74) is 1.88. The third-order valence-corrected chi connectivity index (χ3v) is 4.72. The molecule has 2 aromatic carbocycles. The normalized spacial score (nSPS) is 10.3. The Kier molecular flexibility index (Phi) is 6.22. The van der Waals surface area contributed by atoms with Crippen LogP contribution in [0.5, 0.6) is 5.75 Å². The average Bonchev–Trinajstić information content (AvgIpc) is 3.23. The zero-order chi connectivity index (χ0) is 19.1. The molecule has 3 rings (SSSR count). The second-order valence-corrected chi connectivity index (χ2v) is 6.68. The van der Waals surface area contributed by atoms with Crippen molar-refractivity contribution < 1.29 is 14.3 Å². The van der Waals surface area contributed by atoms with Gasteiger partial charge in [0.15, 0.2) is 0 Å². The maximum Gasteiger partial charge on any atom is 0.265 e. The molecule has 0 bridgehead atoms. The number of rotatable bonds is 7. The van der Waals surface area contributed by atoms with Gasteiger partial charge >= 0.3 is 0 Å². The molecule has 1 heterocycles. The van der Waals surface area contributed by atoms with E-state index in [1.54, 1.807) is 30.3 Å². The van der Waals surface area contributed by atoms with Crippen molar-refractivity contribution in [2.45, 2.75) is 13.5 Å². The van der Waals surface area contributed by atoms with Crippen LogP contribution in [0.3, 0.4) is 0 Å². The molecular formula is C21H20N2O3S. The van der Waals surface area contributed by atoms with Gasteiger partial charge in [0.25, 0.3) is 11.8 Å². The molecule has 6 heteroatoms. The summed E-state index contributed by atoms with van der Waals surface area (Å²) < 4.78 is 5.41. The van der Waals surface area contributed by atoms with Gasteiger partial charge in [0.2, 0.25) is 0 Å². The van der Waals surface area contributed by atoms with E-state index < -0.39 is 0 Å². The minimum absolute atomic E-state index is 0.225. The summed E-state index contributed by atoms with van der Waals surface area (Å²) in [6.07, 6.45) is 0. The molecule has 0 aliphatic carbocycles. The molecule has 138 valence electrons. The van der Waals surface area contributed by atoms with Gasteiger partial charge in [-0.3, -0.25) is 9.59 Å². The zero-order valence-electron chi connectivity index (χ0n) is 14.9. The van der Waals surface area contributed by atoms with Crippen LogP contribution in [0.25, 0.3) is 0 Å². The lowest BCUT2D eigenvalue weighted by Crippen LogP contribution is -2.24. The van der Waals surface area contributed by atoms with Gasteiger partial charge in [-0.05, 0) is 48.2 Å². The largest absolute Gasteiger partial charge is 0.494 e. The quantitative estimate of drug-likeness (QED) is 0.641. The van der Waals surface area contributed by atoms with E-state index in [1.165, 1.54) is 11.3 Å². The van der Waals surface area contributed by atoms with Crippen LogP contribution >= 0.6 is 11.3 Å². The summed E-state index contributed by atoms with van der Waals surface area (Å²) in [5, 5.41) is 7.53. The minimum Gasteiger partial charge on any atom is -0.494 e. The van der Waals surface area contributed by atoms with Crippen molar-refractivity contribution in [3.05, 3.63) is 82.0 Å². The number of benzene rings is 2. The van der Waals surface area contributed by atoms with Gasteiger partial charge < -0.3 is 15.4 Å². The number of hydrogen-bond donors (Lipinski definition) is 2. The monoisotopic (exact) mass is 380 g/mol. The lowest BCUT2D eigenvalue weighted by molar-refractivity contribution is 0.0952. The smallest absolute Gasteiger partial charge is 0.265 e. The van der Waals surface area contributed by atoms with E-state index in [0.717, 1.165) is 11.3 Å². The maximum absolute atomic E-state index is 12.6. The first-order valence-corrected chi connectivity index (χ1v) is 9.49. The van der Waals surface area contributed by atoms with Gasteiger partial charge in [0, 0.05) is 6.54 Å². The van der Waals surface area contributed by atoms with E-state index in [1.807, 2.05) is 42.6 Å². The van der Waals surface area contributed by atoms with Crippen LogP contribution in [0, 0.1) is 0 Å². The van der Waals surface area contributed by atoms with Crippen molar-refractivity contribution in [3.63, 3.8) is 0 Å². The molecule has 0 aliphatic rings. The first kappa shape index (κ1) is 18.7. The topological polar surface area (TPSA) is 67.4 Å².